The third-order valence-electron chi connectivity index (χ3n) is 6.61. The van der Waals surface area contributed by atoms with Gasteiger partial charge >= 0.3 is 0 Å². The van der Waals surface area contributed by atoms with Crippen LogP contribution in [-0.2, 0) is 22.4 Å². The molecule has 1 saturated carbocycles. The molecule has 3 aromatic rings. The molecule has 0 unspecified atom stereocenters. The fourth-order valence-electron chi connectivity index (χ4n) is 4.66. The molecule has 0 atom stereocenters. The molecular formula is C23H27N5O3S. The van der Waals surface area contributed by atoms with Gasteiger partial charge < -0.3 is 24.3 Å². The Hall–Kier alpha value is -2.65. The van der Waals surface area contributed by atoms with Crippen LogP contribution in [0.5, 0.6) is 5.75 Å². The summed E-state index contributed by atoms with van der Waals surface area (Å²) in [5.74, 6) is 2.19. The maximum atomic E-state index is 12.5. The summed E-state index contributed by atoms with van der Waals surface area (Å²) < 4.78 is 12.3. The Bertz CT molecular complexity index is 1140. The van der Waals surface area contributed by atoms with Crippen molar-refractivity contribution in [2.45, 2.75) is 25.7 Å². The normalized spacial score (nSPS) is 19.2. The van der Waals surface area contributed by atoms with Crippen molar-refractivity contribution in [1.82, 2.24) is 19.9 Å². The van der Waals surface area contributed by atoms with Crippen molar-refractivity contribution in [2.75, 3.05) is 51.4 Å². The molecule has 168 valence electrons. The van der Waals surface area contributed by atoms with E-state index in [0.717, 1.165) is 103 Å². The van der Waals surface area contributed by atoms with E-state index in [-0.39, 0.29) is 5.92 Å². The van der Waals surface area contributed by atoms with Crippen LogP contribution in [0, 0.1) is 5.92 Å². The average Bonchev–Trinajstić information content (AvgIpc) is 3.51. The Balaban J connectivity index is 1.31. The van der Waals surface area contributed by atoms with Gasteiger partial charge in [-0.2, -0.15) is 0 Å². The molecular weight excluding hydrogens is 426 g/mol. The van der Waals surface area contributed by atoms with E-state index in [1.165, 1.54) is 5.69 Å². The summed E-state index contributed by atoms with van der Waals surface area (Å²) in [6.07, 6.45) is 3.71. The summed E-state index contributed by atoms with van der Waals surface area (Å²) in [6, 6.07) is 4.12. The zero-order chi connectivity index (χ0) is 21.7. The number of rotatable bonds is 4. The number of methoxy groups -OCH3 is 1. The Morgan fingerprint density at radius 1 is 1.16 bits per heavy atom. The number of benzene rings is 1. The number of ether oxygens (including phenoxy) is 2. The van der Waals surface area contributed by atoms with E-state index in [1.54, 1.807) is 18.4 Å². The lowest BCUT2D eigenvalue weighted by molar-refractivity contribution is -0.132. The predicted molar refractivity (Wildman–Crippen MR) is 123 cm³/mol. The maximum Gasteiger partial charge on any atom is 0.225 e. The predicted octanol–water partition coefficient (Wildman–Crippen LogP) is 2.87. The SMILES string of the molecule is COc1ccc(N2CCOCC2)c2sc(-c3nc4c([nH]3)CCN(C(=O)C3CC3)CC4)nc12. The monoisotopic (exact) mass is 453 g/mol. The van der Waals surface area contributed by atoms with Crippen molar-refractivity contribution in [3.8, 4) is 16.6 Å². The summed E-state index contributed by atoms with van der Waals surface area (Å²) >= 11 is 1.65. The van der Waals surface area contributed by atoms with E-state index in [9.17, 15) is 4.79 Å². The number of carbonyl (C=O) groups excluding carboxylic acids is 1. The van der Waals surface area contributed by atoms with Crippen LogP contribution in [-0.4, -0.2) is 72.3 Å². The third kappa shape index (κ3) is 3.53. The number of amides is 1. The Kier molecular flexibility index (Phi) is 5.02. The van der Waals surface area contributed by atoms with E-state index in [1.807, 2.05) is 11.0 Å². The number of H-pyrrole nitrogens is 1. The first kappa shape index (κ1) is 20.0. The van der Waals surface area contributed by atoms with Crippen LogP contribution in [0.2, 0.25) is 0 Å². The number of hydrogen-bond donors (Lipinski definition) is 1. The van der Waals surface area contributed by atoms with Gasteiger partial charge in [0.1, 0.15) is 11.3 Å². The number of nitrogens with one attached hydrogen (secondary N) is 1. The van der Waals surface area contributed by atoms with Crippen molar-refractivity contribution < 1.29 is 14.3 Å². The minimum absolute atomic E-state index is 0.272. The first-order valence-electron chi connectivity index (χ1n) is 11.4. The summed E-state index contributed by atoms with van der Waals surface area (Å²) in [5.41, 5.74) is 4.25. The molecule has 6 rings (SSSR count). The Labute approximate surface area is 190 Å². The highest BCUT2D eigenvalue weighted by atomic mass is 32.1. The molecule has 2 fully saturated rings. The van der Waals surface area contributed by atoms with Crippen LogP contribution in [0.15, 0.2) is 12.1 Å². The number of aromatic nitrogens is 3. The summed E-state index contributed by atoms with van der Waals surface area (Å²) in [4.78, 5) is 30.2. The minimum Gasteiger partial charge on any atom is -0.494 e. The van der Waals surface area contributed by atoms with E-state index in [4.69, 9.17) is 19.4 Å². The van der Waals surface area contributed by atoms with Crippen molar-refractivity contribution in [2.24, 2.45) is 5.92 Å². The van der Waals surface area contributed by atoms with Gasteiger partial charge in [0, 0.05) is 50.6 Å². The van der Waals surface area contributed by atoms with Crippen LogP contribution in [0.4, 0.5) is 5.69 Å². The highest BCUT2D eigenvalue weighted by Crippen LogP contribution is 2.40. The molecule has 0 spiro atoms. The Morgan fingerprint density at radius 3 is 2.75 bits per heavy atom. The van der Waals surface area contributed by atoms with Gasteiger partial charge in [0.05, 0.1) is 36.4 Å². The lowest BCUT2D eigenvalue weighted by Crippen LogP contribution is -2.36. The lowest BCUT2D eigenvalue weighted by Gasteiger charge is -2.29. The average molecular weight is 454 g/mol. The highest BCUT2D eigenvalue weighted by Gasteiger charge is 2.34. The lowest BCUT2D eigenvalue weighted by atomic mass is 10.2. The highest BCUT2D eigenvalue weighted by molar-refractivity contribution is 7.22. The molecule has 4 heterocycles. The molecule has 1 amide bonds. The smallest absolute Gasteiger partial charge is 0.225 e. The van der Waals surface area contributed by atoms with Crippen LogP contribution in [0.25, 0.3) is 21.0 Å². The summed E-state index contributed by atoms with van der Waals surface area (Å²) in [5, 5.41) is 0.873. The zero-order valence-corrected chi connectivity index (χ0v) is 19.0. The number of nitrogens with zero attached hydrogens (tertiary/aromatic N) is 4. The second kappa shape index (κ2) is 8.04. The summed E-state index contributed by atoms with van der Waals surface area (Å²) in [7, 11) is 1.69. The zero-order valence-electron chi connectivity index (χ0n) is 18.2. The molecule has 9 heteroatoms. The van der Waals surface area contributed by atoms with E-state index < -0.39 is 0 Å². The molecule has 8 nitrogen and oxygen atoms in total. The van der Waals surface area contributed by atoms with Crippen molar-refractivity contribution >= 4 is 33.1 Å². The van der Waals surface area contributed by atoms with E-state index in [2.05, 4.69) is 16.0 Å². The number of morpholine rings is 1. The van der Waals surface area contributed by atoms with Crippen LogP contribution >= 0.6 is 11.3 Å². The summed E-state index contributed by atoms with van der Waals surface area (Å²) in [6.45, 7) is 4.74. The largest absolute Gasteiger partial charge is 0.494 e. The fourth-order valence-corrected chi connectivity index (χ4v) is 5.73. The van der Waals surface area contributed by atoms with Gasteiger partial charge in [-0.05, 0) is 25.0 Å². The van der Waals surface area contributed by atoms with Crippen molar-refractivity contribution in [3.05, 3.63) is 23.5 Å². The molecule has 3 aliphatic rings. The number of imidazole rings is 1. The number of aromatic amines is 1. The van der Waals surface area contributed by atoms with Gasteiger partial charge in [-0.15, -0.1) is 11.3 Å². The second-order valence-electron chi connectivity index (χ2n) is 8.69. The molecule has 0 radical (unpaired) electrons. The molecule has 0 bridgehead atoms. The molecule has 1 N–H and O–H groups in total. The van der Waals surface area contributed by atoms with E-state index >= 15 is 0 Å². The second-order valence-corrected chi connectivity index (χ2v) is 9.69. The number of fused-ring (bicyclic) bond motifs is 2. The number of hydrogen-bond acceptors (Lipinski definition) is 7. The number of thiazole rings is 1. The first-order chi connectivity index (χ1) is 15.7. The molecule has 2 aromatic heterocycles. The number of anilines is 1. The first-order valence-corrected chi connectivity index (χ1v) is 12.2. The maximum absolute atomic E-state index is 12.5. The van der Waals surface area contributed by atoms with Gasteiger partial charge in [0.2, 0.25) is 5.91 Å². The third-order valence-corrected chi connectivity index (χ3v) is 7.70. The van der Waals surface area contributed by atoms with Crippen LogP contribution in [0.3, 0.4) is 0 Å². The number of carbonyl (C=O) groups is 1. The standard InChI is InChI=1S/C23H27N5O3S/c1-30-18-5-4-17(27-10-12-31-13-11-27)20-19(18)26-22(32-20)21-24-15-6-8-28(9-7-16(15)25-21)23(29)14-2-3-14/h4-5,14H,2-3,6-13H2,1H3,(H,24,25). The fraction of sp³-hybridized carbons (Fsp3) is 0.522. The minimum atomic E-state index is 0.272. The van der Waals surface area contributed by atoms with Crippen molar-refractivity contribution in [3.63, 3.8) is 0 Å². The molecule has 32 heavy (non-hydrogen) atoms. The van der Waals surface area contributed by atoms with E-state index in [0.29, 0.717) is 5.91 Å². The Morgan fingerprint density at radius 2 is 1.97 bits per heavy atom. The topological polar surface area (TPSA) is 83.6 Å². The van der Waals surface area contributed by atoms with Crippen molar-refractivity contribution in [1.29, 1.82) is 0 Å². The van der Waals surface area contributed by atoms with Gasteiger partial charge in [-0.1, -0.05) is 0 Å². The quantitative estimate of drug-likeness (QED) is 0.654. The molecule has 1 aliphatic carbocycles. The van der Waals surface area contributed by atoms with Gasteiger partial charge in [0.15, 0.2) is 10.8 Å². The molecule has 2 aliphatic heterocycles. The molecule has 1 saturated heterocycles. The molecule has 1 aromatic carbocycles. The van der Waals surface area contributed by atoms with Crippen LogP contribution < -0.4 is 9.64 Å². The van der Waals surface area contributed by atoms with Crippen LogP contribution in [0.1, 0.15) is 24.2 Å². The van der Waals surface area contributed by atoms with Gasteiger partial charge in [-0.3, -0.25) is 4.79 Å². The van der Waals surface area contributed by atoms with Gasteiger partial charge in [0.25, 0.3) is 0 Å². The van der Waals surface area contributed by atoms with Gasteiger partial charge in [-0.25, -0.2) is 9.97 Å².